The van der Waals surface area contributed by atoms with Crippen LogP contribution in [0.5, 0.6) is 0 Å². The van der Waals surface area contributed by atoms with Gasteiger partial charge in [-0.2, -0.15) is 4.91 Å². The van der Waals surface area contributed by atoms with Gasteiger partial charge in [0.2, 0.25) is 0 Å². The van der Waals surface area contributed by atoms with Crippen LogP contribution in [0.15, 0.2) is 17.5 Å². The fraction of sp³-hybridized carbons (Fsp3) is 0.750. The van der Waals surface area contributed by atoms with E-state index in [-0.39, 0.29) is 12.0 Å². The van der Waals surface area contributed by atoms with Gasteiger partial charge in [-0.25, -0.2) is 0 Å². The highest BCUT2D eigenvalue weighted by molar-refractivity contribution is 4.90. The molecule has 2 atom stereocenters. The molecule has 0 spiro atoms. The lowest BCUT2D eigenvalue weighted by molar-refractivity contribution is 0.518. The molecular formula is C8H15N2O2-. The Hall–Kier alpha value is -0.900. The second kappa shape index (κ2) is 5.71. The molecule has 0 fully saturated rings. The van der Waals surface area contributed by atoms with E-state index in [9.17, 15) is 10.1 Å². The minimum Gasteiger partial charge on any atom is -0.759 e. The minimum atomic E-state index is -0.272. The molecule has 0 aliphatic carbocycles. The fourth-order valence-corrected chi connectivity index (χ4v) is 0.594. The van der Waals surface area contributed by atoms with Crippen molar-refractivity contribution in [3.8, 4) is 0 Å². The largest absolute Gasteiger partial charge is 0.759 e. The van der Waals surface area contributed by atoms with E-state index in [1.54, 1.807) is 19.9 Å². The van der Waals surface area contributed by atoms with E-state index in [0.717, 1.165) is 5.06 Å². The van der Waals surface area contributed by atoms with Crippen molar-refractivity contribution < 1.29 is 0 Å². The zero-order valence-corrected chi connectivity index (χ0v) is 7.73. The molecule has 70 valence electrons. The molecule has 0 radical (unpaired) electrons. The molecule has 0 aromatic heterocycles. The monoisotopic (exact) mass is 171 g/mol. The van der Waals surface area contributed by atoms with E-state index in [1.807, 2.05) is 6.92 Å². The van der Waals surface area contributed by atoms with Gasteiger partial charge in [0, 0.05) is 12.5 Å². The van der Waals surface area contributed by atoms with Gasteiger partial charge >= 0.3 is 0 Å². The average Bonchev–Trinajstić information content (AvgIpc) is 2.11. The van der Waals surface area contributed by atoms with Crippen molar-refractivity contribution in [3.63, 3.8) is 0 Å². The van der Waals surface area contributed by atoms with Gasteiger partial charge in [-0.3, -0.25) is 0 Å². The first-order chi connectivity index (χ1) is 5.61. The van der Waals surface area contributed by atoms with Crippen LogP contribution < -0.4 is 0 Å². The van der Waals surface area contributed by atoms with E-state index in [1.165, 1.54) is 6.20 Å². The molecule has 0 saturated heterocycles. The van der Waals surface area contributed by atoms with Gasteiger partial charge in [-0.15, -0.1) is 0 Å². The second-order valence-corrected chi connectivity index (χ2v) is 2.78. The Morgan fingerprint density at radius 1 is 1.58 bits per heavy atom. The molecular weight excluding hydrogens is 156 g/mol. The third kappa shape index (κ3) is 4.08. The normalized spacial score (nSPS) is 16.0. The van der Waals surface area contributed by atoms with Crippen molar-refractivity contribution >= 4 is 0 Å². The molecule has 0 aliphatic heterocycles. The van der Waals surface area contributed by atoms with Gasteiger partial charge in [-0.1, -0.05) is 18.2 Å². The maximum Gasteiger partial charge on any atom is 0.0952 e. The topological polar surface area (TPSA) is 55.7 Å². The van der Waals surface area contributed by atoms with Crippen molar-refractivity contribution in [3.05, 3.63) is 22.4 Å². The highest BCUT2D eigenvalue weighted by Gasteiger charge is 2.07. The summed E-state index contributed by atoms with van der Waals surface area (Å²) in [6, 6.07) is -0.272. The standard InChI is InChI=1S/C8H15N2O2/c1-4-10(12)6-5-7(2)8(3)9-11/h5-8H,4H2,1-3H3/q-1/b6-5+. The Balaban J connectivity index is 3.89. The molecule has 0 saturated carbocycles. The number of hydroxylamine groups is 2. The summed E-state index contributed by atoms with van der Waals surface area (Å²) in [5, 5.41) is 14.4. The predicted molar refractivity (Wildman–Crippen MR) is 49.3 cm³/mol. The van der Waals surface area contributed by atoms with Gasteiger partial charge < -0.3 is 10.3 Å². The van der Waals surface area contributed by atoms with Crippen molar-refractivity contribution in [2.24, 2.45) is 11.1 Å². The number of nitroso groups, excluding NO2 is 1. The Morgan fingerprint density at radius 2 is 2.17 bits per heavy atom. The van der Waals surface area contributed by atoms with Gasteiger partial charge in [0.15, 0.2) is 0 Å². The lowest BCUT2D eigenvalue weighted by atomic mass is 10.1. The molecule has 0 aromatic rings. The number of hydrogen-bond acceptors (Lipinski definition) is 4. The van der Waals surface area contributed by atoms with Crippen molar-refractivity contribution in [2.75, 3.05) is 6.54 Å². The first-order valence-electron chi connectivity index (χ1n) is 4.06. The van der Waals surface area contributed by atoms with E-state index in [2.05, 4.69) is 5.18 Å². The number of nitrogens with zero attached hydrogens (tertiary/aromatic N) is 2. The molecule has 0 amide bonds. The quantitative estimate of drug-likeness (QED) is 0.470. The maximum atomic E-state index is 10.7. The van der Waals surface area contributed by atoms with Crippen LogP contribution in [0.1, 0.15) is 20.8 Å². The Bertz CT molecular complexity index is 159. The second-order valence-electron chi connectivity index (χ2n) is 2.78. The summed E-state index contributed by atoms with van der Waals surface area (Å²) in [6.45, 7) is 5.77. The van der Waals surface area contributed by atoms with Gasteiger partial charge in [0.1, 0.15) is 0 Å². The lowest BCUT2D eigenvalue weighted by Crippen LogP contribution is -2.11. The summed E-state index contributed by atoms with van der Waals surface area (Å²) in [4.78, 5) is 10.1. The molecule has 0 rings (SSSR count). The fourth-order valence-electron chi connectivity index (χ4n) is 0.594. The van der Waals surface area contributed by atoms with E-state index < -0.39 is 0 Å². The summed E-state index contributed by atoms with van der Waals surface area (Å²) in [5.74, 6) is 0.0190. The molecule has 4 heteroatoms. The highest BCUT2D eigenvalue weighted by atomic mass is 16.5. The van der Waals surface area contributed by atoms with Crippen molar-refractivity contribution in [1.82, 2.24) is 5.06 Å². The number of hydrogen-bond donors (Lipinski definition) is 0. The molecule has 0 heterocycles. The average molecular weight is 171 g/mol. The molecule has 0 N–H and O–H groups in total. The van der Waals surface area contributed by atoms with Crippen LogP contribution in [-0.2, 0) is 0 Å². The zero-order valence-electron chi connectivity index (χ0n) is 7.73. The van der Waals surface area contributed by atoms with Crippen LogP contribution in [0.2, 0.25) is 0 Å². The van der Waals surface area contributed by atoms with E-state index >= 15 is 0 Å². The van der Waals surface area contributed by atoms with Crippen molar-refractivity contribution in [2.45, 2.75) is 26.8 Å². The molecule has 0 aromatic carbocycles. The smallest absolute Gasteiger partial charge is 0.0952 e. The van der Waals surface area contributed by atoms with Crippen LogP contribution in [0.4, 0.5) is 0 Å². The van der Waals surface area contributed by atoms with Gasteiger partial charge in [0.25, 0.3) is 0 Å². The predicted octanol–water partition coefficient (Wildman–Crippen LogP) is 2.11. The summed E-state index contributed by atoms with van der Waals surface area (Å²) in [6.07, 6.45) is 3.13. The van der Waals surface area contributed by atoms with Gasteiger partial charge in [-0.05, 0) is 20.0 Å². The highest BCUT2D eigenvalue weighted by Crippen LogP contribution is 2.07. The summed E-state index contributed by atoms with van der Waals surface area (Å²) in [5.41, 5.74) is 0. The Morgan fingerprint density at radius 3 is 2.58 bits per heavy atom. The van der Waals surface area contributed by atoms with Crippen LogP contribution in [0, 0.1) is 16.0 Å². The third-order valence-corrected chi connectivity index (χ3v) is 1.79. The van der Waals surface area contributed by atoms with Gasteiger partial charge in [0.05, 0.1) is 6.04 Å². The summed E-state index contributed by atoms with van der Waals surface area (Å²) < 4.78 is 0. The summed E-state index contributed by atoms with van der Waals surface area (Å²) in [7, 11) is 0. The van der Waals surface area contributed by atoms with Crippen molar-refractivity contribution in [1.29, 1.82) is 0 Å². The first kappa shape index (κ1) is 11.1. The van der Waals surface area contributed by atoms with E-state index in [4.69, 9.17) is 0 Å². The minimum absolute atomic E-state index is 0.0190. The molecule has 4 nitrogen and oxygen atoms in total. The molecule has 2 unspecified atom stereocenters. The first-order valence-corrected chi connectivity index (χ1v) is 4.06. The van der Waals surface area contributed by atoms with Crippen LogP contribution in [0.25, 0.3) is 0 Å². The number of rotatable bonds is 5. The molecule has 0 aliphatic rings. The van der Waals surface area contributed by atoms with Crippen LogP contribution >= 0.6 is 0 Å². The molecule has 0 bridgehead atoms. The Kier molecular flexibility index (Phi) is 5.28. The van der Waals surface area contributed by atoms with E-state index in [0.29, 0.717) is 6.54 Å². The van der Waals surface area contributed by atoms with Crippen LogP contribution in [0.3, 0.4) is 0 Å². The third-order valence-electron chi connectivity index (χ3n) is 1.79. The van der Waals surface area contributed by atoms with Crippen LogP contribution in [-0.4, -0.2) is 17.6 Å². The Labute approximate surface area is 72.8 Å². The molecule has 12 heavy (non-hydrogen) atoms. The zero-order chi connectivity index (χ0) is 9.56. The maximum absolute atomic E-state index is 10.7. The summed E-state index contributed by atoms with van der Waals surface area (Å²) >= 11 is 0. The lowest BCUT2D eigenvalue weighted by Gasteiger charge is -2.24. The SMILES string of the molecule is CCN([O-])/C=C/C(C)C(C)N=O.